The SMILES string of the molecule is c1ccc2c(c1)cc(-c1ccc3c(c1)-c1cccc4c1c-3cc1ccccc14)c1ccccc12. The lowest BCUT2D eigenvalue weighted by atomic mass is 9.91. The fourth-order valence-corrected chi connectivity index (χ4v) is 6.06. The zero-order valence-electron chi connectivity index (χ0n) is 18.5. The van der Waals surface area contributed by atoms with Crippen LogP contribution in [0.2, 0.25) is 0 Å². The fourth-order valence-electron chi connectivity index (χ4n) is 6.06. The van der Waals surface area contributed by atoms with Crippen molar-refractivity contribution in [3.05, 3.63) is 121 Å². The number of rotatable bonds is 1. The molecule has 34 heavy (non-hydrogen) atoms. The average molecular weight is 429 g/mol. The second-order valence-corrected chi connectivity index (χ2v) is 9.32. The molecule has 0 atom stereocenters. The molecule has 1 aliphatic rings. The standard InChI is InChI=1S/C34H20/c1-3-10-24-21(8-1)18-31(27-13-6-5-12-26(24)27)23-16-17-28-32(19-23)30-15-7-14-29-25-11-4-2-9-22(25)20-33(28)34(29)30/h1-20H. The fraction of sp³-hybridized carbons (Fsp3) is 0. The molecule has 8 rings (SSSR count). The van der Waals surface area contributed by atoms with E-state index in [1.807, 2.05) is 0 Å². The Kier molecular flexibility index (Phi) is 3.48. The number of hydrogen-bond donors (Lipinski definition) is 0. The quantitative estimate of drug-likeness (QED) is 0.228. The molecule has 156 valence electrons. The van der Waals surface area contributed by atoms with Gasteiger partial charge < -0.3 is 0 Å². The Morgan fingerprint density at radius 1 is 0.294 bits per heavy atom. The van der Waals surface area contributed by atoms with Gasteiger partial charge in [0.15, 0.2) is 0 Å². The minimum Gasteiger partial charge on any atom is -0.0616 e. The van der Waals surface area contributed by atoms with Crippen LogP contribution in [0.15, 0.2) is 121 Å². The van der Waals surface area contributed by atoms with E-state index in [9.17, 15) is 0 Å². The summed E-state index contributed by atoms with van der Waals surface area (Å²) in [6.45, 7) is 0. The van der Waals surface area contributed by atoms with Gasteiger partial charge in [0.1, 0.15) is 0 Å². The maximum absolute atomic E-state index is 2.41. The van der Waals surface area contributed by atoms with Crippen LogP contribution in [-0.2, 0) is 0 Å². The molecule has 0 aromatic heterocycles. The van der Waals surface area contributed by atoms with Gasteiger partial charge in [0.05, 0.1) is 0 Å². The van der Waals surface area contributed by atoms with Crippen molar-refractivity contribution < 1.29 is 0 Å². The third kappa shape index (κ3) is 2.32. The first-order chi connectivity index (χ1) is 16.9. The number of benzene rings is 7. The van der Waals surface area contributed by atoms with Crippen LogP contribution in [0.1, 0.15) is 0 Å². The minimum absolute atomic E-state index is 1.27. The molecular weight excluding hydrogens is 408 g/mol. The maximum Gasteiger partial charge on any atom is -0.00199 e. The van der Waals surface area contributed by atoms with Crippen LogP contribution >= 0.6 is 0 Å². The van der Waals surface area contributed by atoms with E-state index in [1.165, 1.54) is 76.5 Å². The highest BCUT2D eigenvalue weighted by atomic mass is 14.3. The Hall–Kier alpha value is -4.42. The molecule has 0 N–H and O–H groups in total. The van der Waals surface area contributed by atoms with Crippen LogP contribution in [0.5, 0.6) is 0 Å². The van der Waals surface area contributed by atoms with E-state index in [0.29, 0.717) is 0 Å². The maximum atomic E-state index is 2.41. The Balaban J connectivity index is 1.44. The van der Waals surface area contributed by atoms with Crippen LogP contribution < -0.4 is 0 Å². The lowest BCUT2D eigenvalue weighted by Gasteiger charge is -2.12. The predicted octanol–water partition coefficient (Wildman–Crippen LogP) is 9.61. The highest BCUT2D eigenvalue weighted by molar-refractivity contribution is 6.24. The molecule has 1 aliphatic carbocycles. The Morgan fingerprint density at radius 3 is 1.71 bits per heavy atom. The summed E-state index contributed by atoms with van der Waals surface area (Å²) in [4.78, 5) is 0. The van der Waals surface area contributed by atoms with Crippen LogP contribution in [0.25, 0.3) is 76.5 Å². The minimum atomic E-state index is 1.27. The molecule has 0 heterocycles. The van der Waals surface area contributed by atoms with Crippen molar-refractivity contribution in [2.45, 2.75) is 0 Å². The molecule has 7 aromatic rings. The van der Waals surface area contributed by atoms with Gasteiger partial charge in [0, 0.05) is 0 Å². The van der Waals surface area contributed by atoms with Crippen LogP contribution in [0.3, 0.4) is 0 Å². The van der Waals surface area contributed by atoms with E-state index in [0.717, 1.165) is 0 Å². The summed E-state index contributed by atoms with van der Waals surface area (Å²) < 4.78 is 0. The van der Waals surface area contributed by atoms with Gasteiger partial charge in [0.2, 0.25) is 0 Å². The summed E-state index contributed by atoms with van der Waals surface area (Å²) in [5, 5.41) is 10.6. The monoisotopic (exact) mass is 428 g/mol. The van der Waals surface area contributed by atoms with E-state index in [-0.39, 0.29) is 0 Å². The topological polar surface area (TPSA) is 0 Å². The molecule has 0 fully saturated rings. The lowest BCUT2D eigenvalue weighted by Crippen LogP contribution is -1.86. The number of fused-ring (bicyclic) bond motifs is 8. The third-order valence-electron chi connectivity index (χ3n) is 7.56. The van der Waals surface area contributed by atoms with Gasteiger partial charge >= 0.3 is 0 Å². The number of hydrogen-bond acceptors (Lipinski definition) is 0. The summed E-state index contributed by atoms with van der Waals surface area (Å²) in [7, 11) is 0. The van der Waals surface area contributed by atoms with Gasteiger partial charge in [-0.3, -0.25) is 0 Å². The van der Waals surface area contributed by atoms with Crippen LogP contribution in [-0.4, -0.2) is 0 Å². The van der Waals surface area contributed by atoms with Crippen LogP contribution in [0, 0.1) is 0 Å². The first kappa shape index (κ1) is 18.1. The van der Waals surface area contributed by atoms with E-state index >= 15 is 0 Å². The summed E-state index contributed by atoms with van der Waals surface area (Å²) >= 11 is 0. The van der Waals surface area contributed by atoms with Gasteiger partial charge in [-0.2, -0.15) is 0 Å². The van der Waals surface area contributed by atoms with Crippen molar-refractivity contribution >= 4 is 43.1 Å². The van der Waals surface area contributed by atoms with Crippen molar-refractivity contribution in [2.75, 3.05) is 0 Å². The molecular formula is C34H20. The third-order valence-corrected chi connectivity index (χ3v) is 7.56. The second kappa shape index (κ2) is 6.56. The molecule has 0 spiro atoms. The summed E-state index contributed by atoms with van der Waals surface area (Å²) in [5.41, 5.74) is 7.95. The van der Waals surface area contributed by atoms with E-state index in [2.05, 4.69) is 121 Å². The second-order valence-electron chi connectivity index (χ2n) is 9.32. The van der Waals surface area contributed by atoms with E-state index in [4.69, 9.17) is 0 Å². The zero-order valence-corrected chi connectivity index (χ0v) is 18.5. The van der Waals surface area contributed by atoms with Crippen molar-refractivity contribution in [3.63, 3.8) is 0 Å². The van der Waals surface area contributed by atoms with Crippen molar-refractivity contribution in [2.24, 2.45) is 0 Å². The highest BCUT2D eigenvalue weighted by Crippen LogP contribution is 2.50. The van der Waals surface area contributed by atoms with Crippen molar-refractivity contribution in [1.82, 2.24) is 0 Å². The Bertz CT molecular complexity index is 1960. The van der Waals surface area contributed by atoms with Crippen LogP contribution in [0.4, 0.5) is 0 Å². The predicted molar refractivity (Wildman–Crippen MR) is 146 cm³/mol. The molecule has 0 nitrogen and oxygen atoms in total. The first-order valence-electron chi connectivity index (χ1n) is 11.9. The molecule has 7 aromatic carbocycles. The Labute approximate surface area is 197 Å². The summed E-state index contributed by atoms with van der Waals surface area (Å²) in [5.74, 6) is 0. The van der Waals surface area contributed by atoms with E-state index < -0.39 is 0 Å². The molecule has 0 aliphatic heterocycles. The molecule has 0 heteroatoms. The lowest BCUT2D eigenvalue weighted by molar-refractivity contribution is 1.66. The normalized spacial score (nSPS) is 12.1. The molecule has 0 radical (unpaired) electrons. The van der Waals surface area contributed by atoms with Gasteiger partial charge in [-0.1, -0.05) is 103 Å². The zero-order chi connectivity index (χ0) is 22.2. The molecule has 0 saturated heterocycles. The molecule has 0 unspecified atom stereocenters. The van der Waals surface area contributed by atoms with Gasteiger partial charge in [-0.15, -0.1) is 0 Å². The molecule has 0 bridgehead atoms. The van der Waals surface area contributed by atoms with Crippen molar-refractivity contribution in [1.29, 1.82) is 0 Å². The molecule has 0 saturated carbocycles. The highest BCUT2D eigenvalue weighted by Gasteiger charge is 2.23. The summed E-state index contributed by atoms with van der Waals surface area (Å²) in [6, 6.07) is 44.8. The van der Waals surface area contributed by atoms with Gasteiger partial charge in [-0.25, -0.2) is 0 Å². The average Bonchev–Trinajstić information content (AvgIpc) is 3.22. The smallest absolute Gasteiger partial charge is 0.00199 e. The summed E-state index contributed by atoms with van der Waals surface area (Å²) in [6.07, 6.45) is 0. The largest absolute Gasteiger partial charge is 0.0616 e. The Morgan fingerprint density at radius 2 is 0.912 bits per heavy atom. The van der Waals surface area contributed by atoms with Crippen molar-refractivity contribution in [3.8, 4) is 33.4 Å². The van der Waals surface area contributed by atoms with Gasteiger partial charge in [0.25, 0.3) is 0 Å². The first-order valence-corrected chi connectivity index (χ1v) is 11.9. The van der Waals surface area contributed by atoms with Gasteiger partial charge in [-0.05, 0) is 94.7 Å². The van der Waals surface area contributed by atoms with E-state index in [1.54, 1.807) is 0 Å². The molecule has 0 amide bonds.